The van der Waals surface area contributed by atoms with E-state index in [4.69, 9.17) is 26.8 Å². The molecule has 1 aromatic rings. The van der Waals surface area contributed by atoms with Gasteiger partial charge in [-0.2, -0.15) is 0 Å². The molecule has 1 aliphatic carbocycles. The van der Waals surface area contributed by atoms with Crippen molar-refractivity contribution in [3.05, 3.63) is 22.7 Å². The van der Waals surface area contributed by atoms with E-state index >= 15 is 0 Å². The van der Waals surface area contributed by atoms with Crippen LogP contribution in [0.1, 0.15) is 17.9 Å². The Hall–Kier alpha value is -0.930. The zero-order valence-corrected chi connectivity index (χ0v) is 10.3. The number of nitrogens with two attached hydrogens (primary N) is 1. The molecule has 2 N–H and O–H groups in total. The molecule has 2 atom stereocenters. The lowest BCUT2D eigenvalue weighted by Crippen LogP contribution is -2.03. The Morgan fingerprint density at radius 3 is 2.62 bits per heavy atom. The van der Waals surface area contributed by atoms with Crippen LogP contribution in [0.4, 0.5) is 0 Å². The lowest BCUT2D eigenvalue weighted by atomic mass is 10.1. The fourth-order valence-electron chi connectivity index (χ4n) is 2.12. The molecule has 16 heavy (non-hydrogen) atoms. The van der Waals surface area contributed by atoms with Gasteiger partial charge in [-0.15, -0.1) is 0 Å². The van der Waals surface area contributed by atoms with Crippen LogP contribution in [-0.4, -0.2) is 20.8 Å². The minimum absolute atomic E-state index is 0.465. The SMILES string of the molecule is COc1cc(Cl)cc(C2CC2CN)c1OC. The van der Waals surface area contributed by atoms with Crippen LogP contribution < -0.4 is 15.2 Å². The predicted octanol–water partition coefficient (Wildman–Crippen LogP) is 2.42. The minimum atomic E-state index is 0.465. The monoisotopic (exact) mass is 241 g/mol. The van der Waals surface area contributed by atoms with E-state index in [9.17, 15) is 0 Å². The summed E-state index contributed by atoms with van der Waals surface area (Å²) in [6, 6.07) is 3.72. The van der Waals surface area contributed by atoms with Gasteiger partial charge < -0.3 is 15.2 Å². The van der Waals surface area contributed by atoms with Gasteiger partial charge in [0, 0.05) is 16.7 Å². The molecule has 4 heteroatoms. The van der Waals surface area contributed by atoms with Gasteiger partial charge in [0.05, 0.1) is 14.2 Å². The third kappa shape index (κ3) is 1.97. The highest BCUT2D eigenvalue weighted by Gasteiger charge is 2.39. The topological polar surface area (TPSA) is 44.5 Å². The van der Waals surface area contributed by atoms with Crippen LogP contribution in [0, 0.1) is 5.92 Å². The summed E-state index contributed by atoms with van der Waals surface area (Å²) in [5.41, 5.74) is 6.77. The van der Waals surface area contributed by atoms with E-state index in [-0.39, 0.29) is 0 Å². The van der Waals surface area contributed by atoms with E-state index in [1.807, 2.05) is 6.07 Å². The van der Waals surface area contributed by atoms with Gasteiger partial charge in [0.1, 0.15) is 0 Å². The van der Waals surface area contributed by atoms with Crippen LogP contribution in [0.25, 0.3) is 0 Å². The Labute approximate surface area is 100 Å². The van der Waals surface area contributed by atoms with Crippen molar-refractivity contribution in [3.63, 3.8) is 0 Å². The second kappa shape index (κ2) is 4.52. The fourth-order valence-corrected chi connectivity index (χ4v) is 2.34. The molecule has 2 rings (SSSR count). The van der Waals surface area contributed by atoms with Crippen molar-refractivity contribution >= 4 is 11.6 Å². The smallest absolute Gasteiger partial charge is 0.164 e. The van der Waals surface area contributed by atoms with Crippen molar-refractivity contribution in [2.24, 2.45) is 11.7 Å². The second-order valence-corrected chi connectivity index (χ2v) is 4.50. The van der Waals surface area contributed by atoms with E-state index in [0.29, 0.717) is 29.2 Å². The van der Waals surface area contributed by atoms with E-state index < -0.39 is 0 Å². The lowest BCUT2D eigenvalue weighted by molar-refractivity contribution is 0.351. The van der Waals surface area contributed by atoms with Gasteiger partial charge in [0.25, 0.3) is 0 Å². The molecule has 88 valence electrons. The molecule has 0 bridgehead atoms. The quantitative estimate of drug-likeness (QED) is 0.881. The molecule has 0 aliphatic heterocycles. The average Bonchev–Trinajstić information content (AvgIpc) is 3.06. The molecule has 0 aromatic heterocycles. The fraction of sp³-hybridized carbons (Fsp3) is 0.500. The number of halogens is 1. The molecule has 0 saturated heterocycles. The summed E-state index contributed by atoms with van der Waals surface area (Å²) in [5.74, 6) is 2.49. The van der Waals surface area contributed by atoms with Crippen LogP contribution in [-0.2, 0) is 0 Å². The first-order chi connectivity index (χ1) is 7.71. The molecular weight excluding hydrogens is 226 g/mol. The van der Waals surface area contributed by atoms with Crippen LogP contribution in [0.3, 0.4) is 0 Å². The Balaban J connectivity index is 2.39. The van der Waals surface area contributed by atoms with Gasteiger partial charge in [-0.25, -0.2) is 0 Å². The summed E-state index contributed by atoms with van der Waals surface area (Å²) in [6.45, 7) is 0.711. The number of hydrogen-bond acceptors (Lipinski definition) is 3. The maximum absolute atomic E-state index is 6.05. The van der Waals surface area contributed by atoms with Gasteiger partial charge in [0.15, 0.2) is 11.5 Å². The van der Waals surface area contributed by atoms with E-state index in [2.05, 4.69) is 0 Å². The molecule has 0 amide bonds. The van der Waals surface area contributed by atoms with Crippen molar-refractivity contribution in [1.29, 1.82) is 0 Å². The molecule has 1 aliphatic rings. The Bertz CT molecular complexity index is 395. The number of hydrogen-bond donors (Lipinski definition) is 1. The van der Waals surface area contributed by atoms with Crippen LogP contribution in [0.15, 0.2) is 12.1 Å². The van der Waals surface area contributed by atoms with Gasteiger partial charge in [0.2, 0.25) is 0 Å². The molecular formula is C12H16ClNO2. The van der Waals surface area contributed by atoms with Crippen molar-refractivity contribution in [1.82, 2.24) is 0 Å². The van der Waals surface area contributed by atoms with E-state index in [1.54, 1.807) is 20.3 Å². The zero-order valence-electron chi connectivity index (χ0n) is 9.50. The molecule has 0 radical (unpaired) electrons. The number of methoxy groups -OCH3 is 2. The summed E-state index contributed by atoms with van der Waals surface area (Å²) in [4.78, 5) is 0. The van der Waals surface area contributed by atoms with Gasteiger partial charge in [-0.05, 0) is 30.9 Å². The zero-order chi connectivity index (χ0) is 11.7. The maximum Gasteiger partial charge on any atom is 0.164 e. The van der Waals surface area contributed by atoms with Crippen LogP contribution >= 0.6 is 11.6 Å². The minimum Gasteiger partial charge on any atom is -0.493 e. The molecule has 1 aromatic carbocycles. The highest BCUT2D eigenvalue weighted by Crippen LogP contribution is 2.52. The van der Waals surface area contributed by atoms with Crippen molar-refractivity contribution in [3.8, 4) is 11.5 Å². The summed E-state index contributed by atoms with van der Waals surface area (Å²) >= 11 is 6.05. The van der Waals surface area contributed by atoms with Crippen LogP contribution in [0.5, 0.6) is 11.5 Å². The van der Waals surface area contributed by atoms with Crippen molar-refractivity contribution < 1.29 is 9.47 Å². The lowest BCUT2D eigenvalue weighted by Gasteiger charge is -2.13. The average molecular weight is 242 g/mol. The highest BCUT2D eigenvalue weighted by atomic mass is 35.5. The first-order valence-corrected chi connectivity index (χ1v) is 5.70. The largest absolute Gasteiger partial charge is 0.493 e. The highest BCUT2D eigenvalue weighted by molar-refractivity contribution is 6.30. The number of ether oxygens (including phenoxy) is 2. The standard InChI is InChI=1S/C12H16ClNO2/c1-15-11-5-8(13)4-10(12(11)16-2)9-3-7(9)6-14/h4-5,7,9H,3,6,14H2,1-2H3. The molecule has 3 nitrogen and oxygen atoms in total. The summed E-state index contributed by atoms with van der Waals surface area (Å²) in [7, 11) is 3.26. The number of rotatable bonds is 4. The molecule has 1 fully saturated rings. The van der Waals surface area contributed by atoms with Crippen LogP contribution in [0.2, 0.25) is 5.02 Å². The van der Waals surface area contributed by atoms with Gasteiger partial charge in [-0.1, -0.05) is 11.6 Å². The molecule has 0 heterocycles. The maximum atomic E-state index is 6.05. The Morgan fingerprint density at radius 1 is 1.38 bits per heavy atom. The Kier molecular flexibility index (Phi) is 3.26. The summed E-state index contributed by atoms with van der Waals surface area (Å²) in [6.07, 6.45) is 1.11. The number of benzene rings is 1. The molecule has 0 spiro atoms. The normalized spacial score (nSPS) is 23.0. The summed E-state index contributed by atoms with van der Waals surface area (Å²) in [5, 5.41) is 0.676. The van der Waals surface area contributed by atoms with E-state index in [0.717, 1.165) is 17.7 Å². The van der Waals surface area contributed by atoms with Gasteiger partial charge >= 0.3 is 0 Å². The third-order valence-electron chi connectivity index (χ3n) is 3.10. The first kappa shape index (κ1) is 11.6. The third-order valence-corrected chi connectivity index (χ3v) is 3.32. The molecule has 1 saturated carbocycles. The first-order valence-electron chi connectivity index (χ1n) is 5.32. The predicted molar refractivity (Wildman–Crippen MR) is 64.5 cm³/mol. The van der Waals surface area contributed by atoms with Gasteiger partial charge in [-0.3, -0.25) is 0 Å². The van der Waals surface area contributed by atoms with Crippen molar-refractivity contribution in [2.45, 2.75) is 12.3 Å². The second-order valence-electron chi connectivity index (χ2n) is 4.07. The Morgan fingerprint density at radius 2 is 2.12 bits per heavy atom. The molecule has 2 unspecified atom stereocenters. The summed E-state index contributed by atoms with van der Waals surface area (Å²) < 4.78 is 10.7. The van der Waals surface area contributed by atoms with E-state index in [1.165, 1.54) is 0 Å². The van der Waals surface area contributed by atoms with Crippen molar-refractivity contribution in [2.75, 3.05) is 20.8 Å².